The Morgan fingerprint density at radius 1 is 1.08 bits per heavy atom. The standard InChI is InChI=1S/C19H19N3O3S/c23-16(21-19-20-9-10-26-19)12-7-8-14-15(11-12)18(25)22(17(14)24)13-5-3-1-2-4-6-13/h7-11,13H,1-6H2,(H,20,21,23). The molecule has 1 N–H and O–H groups in total. The van der Waals surface area contributed by atoms with Crippen LogP contribution in [0.25, 0.3) is 0 Å². The van der Waals surface area contributed by atoms with E-state index < -0.39 is 0 Å². The van der Waals surface area contributed by atoms with E-state index in [1.165, 1.54) is 22.3 Å². The van der Waals surface area contributed by atoms with E-state index in [4.69, 9.17) is 0 Å². The van der Waals surface area contributed by atoms with Crippen LogP contribution in [0.5, 0.6) is 0 Å². The fraction of sp³-hybridized carbons (Fsp3) is 0.368. The molecule has 2 heterocycles. The molecule has 6 nitrogen and oxygen atoms in total. The van der Waals surface area contributed by atoms with Crippen LogP contribution >= 0.6 is 11.3 Å². The largest absolute Gasteiger partial charge is 0.298 e. The van der Waals surface area contributed by atoms with Crippen LogP contribution in [0, 0.1) is 0 Å². The van der Waals surface area contributed by atoms with Crippen LogP contribution in [-0.4, -0.2) is 33.6 Å². The van der Waals surface area contributed by atoms with Crippen LogP contribution in [0.3, 0.4) is 0 Å². The Morgan fingerprint density at radius 3 is 2.50 bits per heavy atom. The van der Waals surface area contributed by atoms with Crippen molar-refractivity contribution < 1.29 is 14.4 Å². The number of fused-ring (bicyclic) bond motifs is 1. The van der Waals surface area contributed by atoms with E-state index in [-0.39, 0.29) is 23.8 Å². The van der Waals surface area contributed by atoms with Gasteiger partial charge in [0, 0.05) is 23.2 Å². The van der Waals surface area contributed by atoms with Crippen molar-refractivity contribution in [1.82, 2.24) is 9.88 Å². The zero-order valence-corrected chi connectivity index (χ0v) is 15.1. The number of carbonyl (C=O) groups excluding carboxylic acids is 3. The number of hydrogen-bond acceptors (Lipinski definition) is 5. The number of rotatable bonds is 3. The van der Waals surface area contributed by atoms with Crippen LogP contribution in [-0.2, 0) is 0 Å². The lowest BCUT2D eigenvalue weighted by atomic mass is 10.1. The van der Waals surface area contributed by atoms with Crippen molar-refractivity contribution in [3.8, 4) is 0 Å². The first-order chi connectivity index (χ1) is 12.6. The van der Waals surface area contributed by atoms with Crippen molar-refractivity contribution in [2.24, 2.45) is 0 Å². The van der Waals surface area contributed by atoms with Crippen molar-refractivity contribution in [3.05, 3.63) is 46.5 Å². The topological polar surface area (TPSA) is 79.4 Å². The first-order valence-corrected chi connectivity index (χ1v) is 9.76. The van der Waals surface area contributed by atoms with Crippen LogP contribution in [0.1, 0.15) is 69.6 Å². The van der Waals surface area contributed by atoms with Crippen molar-refractivity contribution in [2.75, 3.05) is 5.32 Å². The second kappa shape index (κ2) is 6.99. The maximum atomic E-state index is 12.9. The summed E-state index contributed by atoms with van der Waals surface area (Å²) in [6.45, 7) is 0. The minimum absolute atomic E-state index is 0.0301. The average molecular weight is 369 g/mol. The molecule has 26 heavy (non-hydrogen) atoms. The zero-order valence-electron chi connectivity index (χ0n) is 14.2. The molecule has 7 heteroatoms. The smallest absolute Gasteiger partial charge is 0.261 e. The Kier molecular flexibility index (Phi) is 4.55. The van der Waals surface area contributed by atoms with Crippen molar-refractivity contribution >= 4 is 34.2 Å². The molecule has 2 aromatic rings. The number of thiazole rings is 1. The predicted molar refractivity (Wildman–Crippen MR) is 98.5 cm³/mol. The lowest BCUT2D eigenvalue weighted by Gasteiger charge is -2.24. The minimum atomic E-state index is -0.337. The molecule has 4 rings (SSSR count). The van der Waals surface area contributed by atoms with Gasteiger partial charge >= 0.3 is 0 Å². The van der Waals surface area contributed by atoms with Crippen LogP contribution in [0.4, 0.5) is 5.13 Å². The molecule has 0 unspecified atom stereocenters. The molecular formula is C19H19N3O3S. The van der Waals surface area contributed by atoms with E-state index in [2.05, 4.69) is 10.3 Å². The van der Waals surface area contributed by atoms with Gasteiger partial charge in [-0.05, 0) is 31.0 Å². The first kappa shape index (κ1) is 16.9. The maximum Gasteiger partial charge on any atom is 0.261 e. The molecule has 0 atom stereocenters. The monoisotopic (exact) mass is 369 g/mol. The maximum absolute atomic E-state index is 12.9. The molecule has 3 amide bonds. The molecule has 0 radical (unpaired) electrons. The summed E-state index contributed by atoms with van der Waals surface area (Å²) in [7, 11) is 0. The lowest BCUT2D eigenvalue weighted by Crippen LogP contribution is -2.39. The van der Waals surface area contributed by atoms with Crippen molar-refractivity contribution in [3.63, 3.8) is 0 Å². The Bertz CT molecular complexity index is 855. The number of anilines is 1. The molecule has 134 valence electrons. The zero-order chi connectivity index (χ0) is 18.1. The van der Waals surface area contributed by atoms with E-state index in [1.807, 2.05) is 0 Å². The van der Waals surface area contributed by atoms with Gasteiger partial charge in [-0.2, -0.15) is 0 Å². The van der Waals surface area contributed by atoms with Gasteiger partial charge in [0.15, 0.2) is 5.13 Å². The summed E-state index contributed by atoms with van der Waals surface area (Å²) in [6.07, 6.45) is 7.72. The highest BCUT2D eigenvalue weighted by Crippen LogP contribution is 2.31. The molecule has 0 bridgehead atoms. The third kappa shape index (κ3) is 3.03. The highest BCUT2D eigenvalue weighted by atomic mass is 32.1. The van der Waals surface area contributed by atoms with Gasteiger partial charge in [-0.25, -0.2) is 4.98 Å². The Hall–Kier alpha value is -2.54. The Balaban J connectivity index is 1.58. The molecule has 1 aromatic carbocycles. The number of amides is 3. The second-order valence-corrected chi connectivity index (χ2v) is 7.57. The van der Waals surface area contributed by atoms with Gasteiger partial charge in [0.1, 0.15) is 0 Å². The second-order valence-electron chi connectivity index (χ2n) is 6.68. The van der Waals surface area contributed by atoms with Gasteiger partial charge in [-0.1, -0.05) is 25.7 Å². The highest BCUT2D eigenvalue weighted by Gasteiger charge is 2.40. The SMILES string of the molecule is O=C(Nc1nccs1)c1ccc2c(c1)C(=O)N(C1CCCCCC1)C2=O. The van der Waals surface area contributed by atoms with E-state index in [9.17, 15) is 14.4 Å². The third-order valence-corrected chi connectivity index (χ3v) is 5.71. The molecular weight excluding hydrogens is 350 g/mol. The number of aromatic nitrogens is 1. The molecule has 1 fully saturated rings. The Morgan fingerprint density at radius 2 is 1.81 bits per heavy atom. The molecule has 1 aliphatic heterocycles. The first-order valence-electron chi connectivity index (χ1n) is 8.88. The third-order valence-electron chi connectivity index (χ3n) is 5.02. The van der Waals surface area contributed by atoms with Crippen LogP contribution in [0.2, 0.25) is 0 Å². The van der Waals surface area contributed by atoms with E-state index in [0.29, 0.717) is 21.8 Å². The fourth-order valence-electron chi connectivity index (χ4n) is 3.70. The number of nitrogens with zero attached hydrogens (tertiary/aromatic N) is 2. The fourth-order valence-corrected chi connectivity index (χ4v) is 4.23. The molecule has 2 aliphatic rings. The van der Waals surface area contributed by atoms with Gasteiger partial charge in [-0.3, -0.25) is 24.6 Å². The van der Waals surface area contributed by atoms with Crippen molar-refractivity contribution in [1.29, 1.82) is 0 Å². The van der Waals surface area contributed by atoms with Gasteiger partial charge < -0.3 is 0 Å². The predicted octanol–water partition coefficient (Wildman–Crippen LogP) is 3.71. The molecule has 1 saturated carbocycles. The molecule has 1 aliphatic carbocycles. The summed E-state index contributed by atoms with van der Waals surface area (Å²) in [5.41, 5.74) is 1.07. The summed E-state index contributed by atoms with van der Waals surface area (Å²) in [5, 5.41) is 4.96. The normalized spacial score (nSPS) is 17.9. The number of nitrogens with one attached hydrogen (secondary N) is 1. The van der Waals surface area contributed by atoms with Crippen molar-refractivity contribution in [2.45, 2.75) is 44.6 Å². The van der Waals surface area contributed by atoms with E-state index in [1.54, 1.807) is 23.7 Å². The quantitative estimate of drug-likeness (QED) is 0.661. The van der Waals surface area contributed by atoms with Crippen LogP contribution in [0.15, 0.2) is 29.8 Å². The summed E-state index contributed by atoms with van der Waals surface area (Å²) in [6, 6.07) is 4.67. The molecule has 1 aromatic heterocycles. The van der Waals surface area contributed by atoms with Gasteiger partial charge in [0.05, 0.1) is 11.1 Å². The highest BCUT2D eigenvalue weighted by molar-refractivity contribution is 7.13. The van der Waals surface area contributed by atoms with E-state index in [0.717, 1.165) is 38.5 Å². The summed E-state index contributed by atoms with van der Waals surface area (Å²) in [5.74, 6) is -0.847. The van der Waals surface area contributed by atoms with Gasteiger partial charge in [0.25, 0.3) is 17.7 Å². The molecule has 0 spiro atoms. The minimum Gasteiger partial charge on any atom is -0.298 e. The van der Waals surface area contributed by atoms with E-state index >= 15 is 0 Å². The summed E-state index contributed by atoms with van der Waals surface area (Å²) >= 11 is 1.32. The average Bonchev–Trinajstić information content (AvgIpc) is 3.13. The summed E-state index contributed by atoms with van der Waals surface area (Å²) in [4.78, 5) is 43.4. The van der Waals surface area contributed by atoms with Gasteiger partial charge in [-0.15, -0.1) is 11.3 Å². The number of hydrogen-bond donors (Lipinski definition) is 1. The number of carbonyl (C=O) groups is 3. The summed E-state index contributed by atoms with van der Waals surface area (Å²) < 4.78 is 0. The number of imide groups is 1. The lowest BCUT2D eigenvalue weighted by molar-refractivity contribution is 0.0569. The number of benzene rings is 1. The Labute approximate surface area is 155 Å². The van der Waals surface area contributed by atoms with Gasteiger partial charge in [0.2, 0.25) is 0 Å². The van der Waals surface area contributed by atoms with Crippen LogP contribution < -0.4 is 5.32 Å². The molecule has 0 saturated heterocycles.